The van der Waals surface area contributed by atoms with Crippen LogP contribution in [0.1, 0.15) is 12.8 Å². The first-order valence-electron chi connectivity index (χ1n) is 2.74. The second kappa shape index (κ2) is 0.719. The van der Waals surface area contributed by atoms with Crippen molar-refractivity contribution >= 4 is 0 Å². The molecule has 0 radical (unpaired) electrons. The van der Waals surface area contributed by atoms with Crippen molar-refractivity contribution in [1.29, 1.82) is 0 Å². The van der Waals surface area contributed by atoms with Crippen LogP contribution in [0.5, 0.6) is 0 Å². The van der Waals surface area contributed by atoms with Gasteiger partial charge in [-0.1, -0.05) is 6.58 Å². The van der Waals surface area contributed by atoms with E-state index >= 15 is 0 Å². The second-order valence-electron chi connectivity index (χ2n) is 2.69. The van der Waals surface area contributed by atoms with Crippen LogP contribution in [-0.2, 0) is 0 Å². The van der Waals surface area contributed by atoms with Gasteiger partial charge in [-0.2, -0.15) is 0 Å². The minimum absolute atomic E-state index is 0.668. The summed E-state index contributed by atoms with van der Waals surface area (Å²) in [7, 11) is 0. The molecule has 0 nitrogen and oxygen atoms in total. The summed E-state index contributed by atoms with van der Waals surface area (Å²) < 4.78 is 0. The molecular formula is C7H8. The Morgan fingerprint density at radius 1 is 1.71 bits per heavy atom. The van der Waals surface area contributed by atoms with Crippen LogP contribution in [0.3, 0.4) is 0 Å². The minimum Gasteiger partial charge on any atom is -0.132 e. The standard InChI is InChI=1S/C7H8/c1-2-3-7-4-6(7)5-7/h3,6H,1,4-5H2. The van der Waals surface area contributed by atoms with Gasteiger partial charge in [-0.15, -0.1) is 5.73 Å². The van der Waals surface area contributed by atoms with Crippen LogP contribution in [-0.4, -0.2) is 0 Å². The lowest BCUT2D eigenvalue weighted by molar-refractivity contribution is 0.799. The third kappa shape index (κ3) is 0.284. The van der Waals surface area contributed by atoms with E-state index in [-0.39, 0.29) is 0 Å². The van der Waals surface area contributed by atoms with E-state index in [1.54, 1.807) is 0 Å². The summed E-state index contributed by atoms with van der Waals surface area (Å²) in [5, 5.41) is 0. The first kappa shape index (κ1) is 3.51. The highest BCUT2D eigenvalue weighted by atomic mass is 14.7. The van der Waals surface area contributed by atoms with Crippen molar-refractivity contribution in [3.8, 4) is 0 Å². The van der Waals surface area contributed by atoms with Crippen molar-refractivity contribution in [2.24, 2.45) is 11.3 Å². The van der Waals surface area contributed by atoms with Crippen molar-refractivity contribution < 1.29 is 0 Å². The van der Waals surface area contributed by atoms with E-state index in [2.05, 4.69) is 18.4 Å². The molecule has 0 amide bonds. The van der Waals surface area contributed by atoms with Gasteiger partial charge in [0.05, 0.1) is 0 Å². The molecular weight excluding hydrogens is 84.1 g/mol. The molecule has 2 aliphatic rings. The number of hydrogen-bond acceptors (Lipinski definition) is 0. The van der Waals surface area contributed by atoms with Crippen LogP contribution in [0, 0.1) is 11.3 Å². The first-order chi connectivity index (χ1) is 3.37. The van der Waals surface area contributed by atoms with Gasteiger partial charge in [0.1, 0.15) is 0 Å². The topological polar surface area (TPSA) is 0 Å². The van der Waals surface area contributed by atoms with Crippen LogP contribution in [0.2, 0.25) is 0 Å². The Balaban J connectivity index is 2.22. The number of rotatable bonds is 1. The minimum atomic E-state index is 0.668. The van der Waals surface area contributed by atoms with Gasteiger partial charge in [-0.3, -0.25) is 0 Å². The SMILES string of the molecule is C=C=CC12CC1C2. The maximum absolute atomic E-state index is 3.53. The molecule has 0 aromatic carbocycles. The molecule has 0 aromatic heterocycles. The maximum Gasteiger partial charge on any atom is -0.000791 e. The van der Waals surface area contributed by atoms with Crippen molar-refractivity contribution in [3.05, 3.63) is 18.4 Å². The van der Waals surface area contributed by atoms with E-state index in [9.17, 15) is 0 Å². The van der Waals surface area contributed by atoms with E-state index in [0.29, 0.717) is 5.41 Å². The van der Waals surface area contributed by atoms with E-state index in [1.807, 2.05) is 0 Å². The molecule has 0 atom stereocenters. The smallest absolute Gasteiger partial charge is 0.000791 e. The molecule has 0 aromatic rings. The molecule has 0 N–H and O–H groups in total. The molecule has 0 bridgehead atoms. The van der Waals surface area contributed by atoms with Gasteiger partial charge in [0.15, 0.2) is 0 Å². The molecule has 0 unspecified atom stereocenters. The number of allylic oxidation sites excluding steroid dienone is 1. The summed E-state index contributed by atoms with van der Waals surface area (Å²) in [5.41, 5.74) is 3.51. The highest BCUT2D eigenvalue weighted by Gasteiger charge is 2.67. The molecule has 0 heteroatoms. The Labute approximate surface area is 43.5 Å². The fourth-order valence-corrected chi connectivity index (χ4v) is 1.18. The lowest BCUT2D eigenvalue weighted by atomic mass is 10.2. The zero-order valence-corrected chi connectivity index (χ0v) is 4.28. The molecule has 2 saturated carbocycles. The largest absolute Gasteiger partial charge is 0.132 e. The molecule has 0 saturated heterocycles. The first-order valence-corrected chi connectivity index (χ1v) is 2.74. The van der Waals surface area contributed by atoms with Gasteiger partial charge in [-0.25, -0.2) is 0 Å². The maximum atomic E-state index is 3.53. The number of hydrogen-bond donors (Lipinski definition) is 0. The van der Waals surface area contributed by atoms with Gasteiger partial charge >= 0.3 is 0 Å². The van der Waals surface area contributed by atoms with Crippen LogP contribution in [0.4, 0.5) is 0 Å². The summed E-state index contributed by atoms with van der Waals surface area (Å²) >= 11 is 0. The Morgan fingerprint density at radius 3 is 2.43 bits per heavy atom. The van der Waals surface area contributed by atoms with E-state index in [0.717, 1.165) is 5.92 Å². The summed E-state index contributed by atoms with van der Waals surface area (Å²) in [6.07, 6.45) is 4.99. The summed E-state index contributed by atoms with van der Waals surface area (Å²) in [5.74, 6) is 1.06. The third-order valence-corrected chi connectivity index (χ3v) is 2.14. The molecule has 0 aliphatic heterocycles. The van der Waals surface area contributed by atoms with Crippen molar-refractivity contribution in [2.45, 2.75) is 12.8 Å². The quantitative estimate of drug-likeness (QED) is 0.432. The van der Waals surface area contributed by atoms with Gasteiger partial charge in [0.25, 0.3) is 0 Å². The second-order valence-corrected chi connectivity index (χ2v) is 2.69. The summed E-state index contributed by atoms with van der Waals surface area (Å²) in [6, 6.07) is 0. The highest BCUT2D eigenvalue weighted by molar-refractivity contribution is 5.27. The van der Waals surface area contributed by atoms with Crippen LogP contribution < -0.4 is 0 Å². The summed E-state index contributed by atoms with van der Waals surface area (Å²) in [4.78, 5) is 0. The van der Waals surface area contributed by atoms with E-state index in [1.165, 1.54) is 12.8 Å². The molecule has 2 fully saturated rings. The third-order valence-electron chi connectivity index (χ3n) is 2.14. The average molecular weight is 92.1 g/mol. The van der Waals surface area contributed by atoms with Crippen LogP contribution >= 0.6 is 0 Å². The van der Waals surface area contributed by atoms with Gasteiger partial charge in [0.2, 0.25) is 0 Å². The molecule has 2 rings (SSSR count). The monoisotopic (exact) mass is 92.1 g/mol. The van der Waals surface area contributed by atoms with E-state index in [4.69, 9.17) is 0 Å². The van der Waals surface area contributed by atoms with Gasteiger partial charge < -0.3 is 0 Å². The molecule has 7 heavy (non-hydrogen) atoms. The lowest BCUT2D eigenvalue weighted by Gasteiger charge is -1.83. The van der Waals surface area contributed by atoms with Gasteiger partial charge in [-0.05, 0) is 30.3 Å². The Morgan fingerprint density at radius 2 is 2.29 bits per heavy atom. The predicted octanol–water partition coefficient (Wildman–Crippen LogP) is 1.74. The highest BCUT2D eigenvalue weighted by Crippen LogP contribution is 2.76. The van der Waals surface area contributed by atoms with Crippen molar-refractivity contribution in [3.63, 3.8) is 0 Å². The van der Waals surface area contributed by atoms with Crippen LogP contribution in [0.25, 0.3) is 0 Å². The van der Waals surface area contributed by atoms with Gasteiger partial charge in [0, 0.05) is 0 Å². The average Bonchev–Trinajstić information content (AvgIpc) is 2.22. The van der Waals surface area contributed by atoms with Crippen LogP contribution in [0.15, 0.2) is 18.4 Å². The fourth-order valence-electron chi connectivity index (χ4n) is 1.18. The zero-order chi connectivity index (χ0) is 4.91. The predicted molar refractivity (Wildman–Crippen MR) is 28.9 cm³/mol. The van der Waals surface area contributed by atoms with Crippen molar-refractivity contribution in [2.75, 3.05) is 0 Å². The zero-order valence-electron chi connectivity index (χ0n) is 4.28. The lowest BCUT2D eigenvalue weighted by Crippen LogP contribution is -1.72. The Kier molecular flexibility index (Phi) is 0.361. The fraction of sp³-hybridized carbons (Fsp3) is 0.571. The molecule has 0 spiro atoms. The van der Waals surface area contributed by atoms with E-state index < -0.39 is 0 Å². The Bertz CT molecular complexity index is 143. The van der Waals surface area contributed by atoms with Crippen molar-refractivity contribution in [1.82, 2.24) is 0 Å². The molecule has 2 aliphatic carbocycles. The normalized spacial score (nSPS) is 51.7. The molecule has 36 valence electrons. The Hall–Kier alpha value is -0.480. The molecule has 0 heterocycles. The number of fused-ring (bicyclic) bond motifs is 1. The summed E-state index contributed by atoms with van der Waals surface area (Å²) in [6.45, 7) is 3.53.